The molecule has 0 spiro atoms. The van der Waals surface area contributed by atoms with Gasteiger partial charge >= 0.3 is 12.1 Å². The van der Waals surface area contributed by atoms with E-state index in [2.05, 4.69) is 5.92 Å². The van der Waals surface area contributed by atoms with E-state index in [1.165, 1.54) is 7.11 Å². The minimum Gasteiger partial charge on any atom is -0.465 e. The molecule has 0 saturated carbocycles. The SMILES string of the molecule is C#CC1CCN(C(=O)OC(C)(C)C)[C@H](c2ccc(C(=O)OC)cc2)C1. The highest BCUT2D eigenvalue weighted by molar-refractivity contribution is 5.89. The van der Waals surface area contributed by atoms with Gasteiger partial charge in [0.2, 0.25) is 0 Å². The molecule has 0 bridgehead atoms. The molecular weight excluding hydrogens is 318 g/mol. The maximum atomic E-state index is 12.6. The first-order valence-corrected chi connectivity index (χ1v) is 8.39. The van der Waals surface area contributed by atoms with Crippen LogP contribution >= 0.6 is 0 Å². The minimum absolute atomic E-state index is 0.115. The van der Waals surface area contributed by atoms with Crippen molar-refractivity contribution in [1.29, 1.82) is 0 Å². The zero-order chi connectivity index (χ0) is 18.6. The number of likely N-dealkylation sites (tertiary alicyclic amines) is 1. The molecule has 1 aromatic carbocycles. The Morgan fingerprint density at radius 1 is 1.24 bits per heavy atom. The van der Waals surface area contributed by atoms with E-state index in [1.54, 1.807) is 17.0 Å². The highest BCUT2D eigenvalue weighted by Gasteiger charge is 2.34. The summed E-state index contributed by atoms with van der Waals surface area (Å²) in [6.07, 6.45) is 6.69. The number of amides is 1. The zero-order valence-corrected chi connectivity index (χ0v) is 15.2. The average Bonchev–Trinajstić information content (AvgIpc) is 2.59. The second-order valence-electron chi connectivity index (χ2n) is 7.19. The van der Waals surface area contributed by atoms with Crippen LogP contribution in [-0.2, 0) is 9.47 Å². The summed E-state index contributed by atoms with van der Waals surface area (Å²) in [4.78, 5) is 25.9. The molecule has 1 aliphatic rings. The highest BCUT2D eigenvalue weighted by atomic mass is 16.6. The number of carbonyl (C=O) groups is 2. The van der Waals surface area contributed by atoms with Gasteiger partial charge in [-0.25, -0.2) is 9.59 Å². The maximum absolute atomic E-state index is 12.6. The van der Waals surface area contributed by atoms with Crippen LogP contribution in [0.25, 0.3) is 0 Å². The number of benzene rings is 1. The summed E-state index contributed by atoms with van der Waals surface area (Å²) in [5.74, 6) is 2.52. The molecule has 0 radical (unpaired) electrons. The van der Waals surface area contributed by atoms with Crippen LogP contribution in [0.5, 0.6) is 0 Å². The molecule has 1 aromatic rings. The first kappa shape index (κ1) is 18.9. The van der Waals surface area contributed by atoms with E-state index in [0.717, 1.165) is 12.0 Å². The van der Waals surface area contributed by atoms with Crippen molar-refractivity contribution in [2.75, 3.05) is 13.7 Å². The van der Waals surface area contributed by atoms with Gasteiger partial charge in [-0.15, -0.1) is 12.3 Å². The van der Waals surface area contributed by atoms with Crippen LogP contribution in [0, 0.1) is 18.3 Å². The Bertz CT molecular complexity index is 666. The van der Waals surface area contributed by atoms with Crippen LogP contribution in [0.4, 0.5) is 4.79 Å². The lowest BCUT2D eigenvalue weighted by Crippen LogP contribution is -2.43. The molecule has 5 nitrogen and oxygen atoms in total. The van der Waals surface area contributed by atoms with E-state index >= 15 is 0 Å². The fourth-order valence-corrected chi connectivity index (χ4v) is 2.93. The van der Waals surface area contributed by atoms with Crippen molar-refractivity contribution < 1.29 is 19.1 Å². The summed E-state index contributed by atoms with van der Waals surface area (Å²) in [5, 5.41) is 0. The van der Waals surface area contributed by atoms with Gasteiger partial charge in [0, 0.05) is 12.5 Å². The summed E-state index contributed by atoms with van der Waals surface area (Å²) >= 11 is 0. The predicted molar refractivity (Wildman–Crippen MR) is 95.0 cm³/mol. The smallest absolute Gasteiger partial charge is 0.410 e. The number of piperidine rings is 1. The van der Waals surface area contributed by atoms with Crippen LogP contribution in [0.2, 0.25) is 0 Å². The van der Waals surface area contributed by atoms with E-state index in [-0.39, 0.29) is 24.0 Å². The van der Waals surface area contributed by atoms with Crippen molar-refractivity contribution in [3.05, 3.63) is 35.4 Å². The molecule has 1 fully saturated rings. The van der Waals surface area contributed by atoms with Gasteiger partial charge in [-0.3, -0.25) is 0 Å². The number of hydrogen-bond acceptors (Lipinski definition) is 4. The molecule has 0 aliphatic carbocycles. The number of hydrogen-bond donors (Lipinski definition) is 0. The molecule has 1 heterocycles. The van der Waals surface area contributed by atoms with Gasteiger partial charge in [0.1, 0.15) is 5.60 Å². The fraction of sp³-hybridized carbons (Fsp3) is 0.500. The lowest BCUT2D eigenvalue weighted by Gasteiger charge is -2.39. The summed E-state index contributed by atoms with van der Waals surface area (Å²) < 4.78 is 10.3. The third kappa shape index (κ3) is 4.76. The normalized spacial score (nSPS) is 20.5. The molecular formula is C20H25NO4. The molecule has 5 heteroatoms. The summed E-state index contributed by atoms with van der Waals surface area (Å²) in [6.45, 7) is 6.09. The fourth-order valence-electron chi connectivity index (χ4n) is 2.93. The predicted octanol–water partition coefficient (Wildman–Crippen LogP) is 3.79. The van der Waals surface area contributed by atoms with Crippen molar-refractivity contribution in [1.82, 2.24) is 4.90 Å². The third-order valence-corrected chi connectivity index (χ3v) is 4.18. The van der Waals surface area contributed by atoms with Gasteiger partial charge in [-0.05, 0) is 51.3 Å². The van der Waals surface area contributed by atoms with Crippen molar-refractivity contribution >= 4 is 12.1 Å². The second-order valence-corrected chi connectivity index (χ2v) is 7.19. The van der Waals surface area contributed by atoms with E-state index in [9.17, 15) is 9.59 Å². The molecule has 2 atom stereocenters. The number of carbonyl (C=O) groups excluding carboxylic acids is 2. The molecule has 134 valence electrons. The summed E-state index contributed by atoms with van der Waals surface area (Å²) in [5.41, 5.74) is 0.845. The molecule has 1 saturated heterocycles. The van der Waals surface area contributed by atoms with Gasteiger partial charge < -0.3 is 14.4 Å². The molecule has 0 N–H and O–H groups in total. The quantitative estimate of drug-likeness (QED) is 0.605. The molecule has 1 amide bonds. The van der Waals surface area contributed by atoms with Crippen molar-refractivity contribution in [2.45, 2.75) is 45.3 Å². The van der Waals surface area contributed by atoms with E-state index < -0.39 is 5.60 Å². The average molecular weight is 343 g/mol. The molecule has 1 unspecified atom stereocenters. The Hall–Kier alpha value is -2.48. The van der Waals surface area contributed by atoms with Crippen LogP contribution < -0.4 is 0 Å². The molecule has 2 rings (SSSR count). The van der Waals surface area contributed by atoms with E-state index in [0.29, 0.717) is 18.5 Å². The molecule has 0 aromatic heterocycles. The first-order chi connectivity index (χ1) is 11.7. The Balaban J connectivity index is 2.26. The van der Waals surface area contributed by atoms with Gasteiger partial charge in [-0.2, -0.15) is 0 Å². The third-order valence-electron chi connectivity index (χ3n) is 4.18. The zero-order valence-electron chi connectivity index (χ0n) is 15.2. The monoisotopic (exact) mass is 343 g/mol. The highest BCUT2D eigenvalue weighted by Crippen LogP contribution is 2.35. The van der Waals surface area contributed by atoms with E-state index in [1.807, 2.05) is 32.9 Å². The number of esters is 1. The van der Waals surface area contributed by atoms with Crippen molar-refractivity contribution in [3.8, 4) is 12.3 Å². The molecule has 1 aliphatic heterocycles. The maximum Gasteiger partial charge on any atom is 0.410 e. The Morgan fingerprint density at radius 3 is 2.40 bits per heavy atom. The van der Waals surface area contributed by atoms with Crippen LogP contribution in [0.1, 0.15) is 55.6 Å². The summed E-state index contributed by atoms with van der Waals surface area (Å²) in [6, 6.07) is 6.92. The van der Waals surface area contributed by atoms with E-state index in [4.69, 9.17) is 15.9 Å². The Labute approximate surface area is 149 Å². The van der Waals surface area contributed by atoms with Gasteiger partial charge in [0.15, 0.2) is 0 Å². The number of terminal acetylenes is 1. The van der Waals surface area contributed by atoms with Gasteiger partial charge in [0.25, 0.3) is 0 Å². The second kappa shape index (κ2) is 7.60. The number of ether oxygens (including phenoxy) is 2. The summed E-state index contributed by atoms with van der Waals surface area (Å²) in [7, 11) is 1.35. The Morgan fingerprint density at radius 2 is 1.88 bits per heavy atom. The lowest BCUT2D eigenvalue weighted by atomic mass is 9.87. The first-order valence-electron chi connectivity index (χ1n) is 8.39. The number of nitrogens with zero attached hydrogens (tertiary/aromatic N) is 1. The van der Waals surface area contributed by atoms with Crippen LogP contribution in [-0.4, -0.2) is 36.2 Å². The van der Waals surface area contributed by atoms with Crippen molar-refractivity contribution in [3.63, 3.8) is 0 Å². The number of methoxy groups -OCH3 is 1. The van der Waals surface area contributed by atoms with Crippen LogP contribution in [0.3, 0.4) is 0 Å². The van der Waals surface area contributed by atoms with Crippen LogP contribution in [0.15, 0.2) is 24.3 Å². The largest absolute Gasteiger partial charge is 0.465 e. The topological polar surface area (TPSA) is 55.8 Å². The van der Waals surface area contributed by atoms with Gasteiger partial charge in [-0.1, -0.05) is 12.1 Å². The minimum atomic E-state index is -0.556. The lowest BCUT2D eigenvalue weighted by molar-refractivity contribution is 0.00673. The standard InChI is InChI=1S/C20H25NO4/c1-6-14-11-12-21(19(23)25-20(2,3)4)17(13-14)15-7-9-16(10-8-15)18(22)24-5/h1,7-10,14,17H,11-13H2,2-5H3/t14?,17-/m0/s1. The Kier molecular flexibility index (Phi) is 5.73. The van der Waals surface area contributed by atoms with Gasteiger partial charge in [0.05, 0.1) is 18.7 Å². The number of rotatable bonds is 2. The van der Waals surface area contributed by atoms with Crippen molar-refractivity contribution in [2.24, 2.45) is 5.92 Å². The molecule has 25 heavy (non-hydrogen) atoms.